The molecule has 0 aromatic heterocycles. The Balaban J connectivity index is 1.71. The van der Waals surface area contributed by atoms with Crippen molar-refractivity contribution in [3.63, 3.8) is 0 Å². The molecule has 0 heterocycles. The Bertz CT molecular complexity index is 426. The zero-order valence-electron chi connectivity index (χ0n) is 10.8. The molecule has 0 amide bonds. The van der Waals surface area contributed by atoms with E-state index in [1.807, 2.05) is 18.2 Å². The van der Waals surface area contributed by atoms with E-state index in [1.54, 1.807) is 7.11 Å². The van der Waals surface area contributed by atoms with Crippen molar-refractivity contribution < 1.29 is 14.6 Å². The van der Waals surface area contributed by atoms with Crippen LogP contribution in [-0.4, -0.2) is 24.9 Å². The molecule has 0 radical (unpaired) electrons. The Morgan fingerprint density at radius 1 is 1.28 bits per heavy atom. The Labute approximate surface area is 108 Å². The van der Waals surface area contributed by atoms with Gasteiger partial charge in [0, 0.05) is 6.61 Å². The van der Waals surface area contributed by atoms with Gasteiger partial charge in [0.2, 0.25) is 0 Å². The number of aliphatic hydroxyl groups is 1. The van der Waals surface area contributed by atoms with Gasteiger partial charge in [-0.1, -0.05) is 6.07 Å². The molecule has 0 saturated heterocycles. The lowest BCUT2D eigenvalue weighted by molar-refractivity contribution is -0.0519. The summed E-state index contributed by atoms with van der Waals surface area (Å²) in [7, 11) is 1.67. The van der Waals surface area contributed by atoms with E-state index in [2.05, 4.69) is 0 Å². The van der Waals surface area contributed by atoms with E-state index < -0.39 is 6.10 Å². The number of aryl methyl sites for hydroxylation is 1. The maximum absolute atomic E-state index is 10.4. The van der Waals surface area contributed by atoms with Crippen molar-refractivity contribution in [1.82, 2.24) is 0 Å². The van der Waals surface area contributed by atoms with Crippen LogP contribution in [0.5, 0.6) is 5.75 Å². The van der Waals surface area contributed by atoms with Crippen molar-refractivity contribution in [2.24, 2.45) is 5.92 Å². The first-order valence-corrected chi connectivity index (χ1v) is 6.74. The fourth-order valence-electron chi connectivity index (χ4n) is 2.59. The second-order valence-corrected chi connectivity index (χ2v) is 5.36. The molecule has 1 saturated carbocycles. The molecule has 0 bridgehead atoms. The number of rotatable bonds is 4. The number of hydrogen-bond donors (Lipinski definition) is 1. The third-order valence-corrected chi connectivity index (χ3v) is 3.96. The third kappa shape index (κ3) is 2.38. The number of ether oxygens (including phenoxy) is 2. The largest absolute Gasteiger partial charge is 0.497 e. The van der Waals surface area contributed by atoms with Crippen molar-refractivity contribution in [2.45, 2.75) is 37.9 Å². The van der Waals surface area contributed by atoms with Gasteiger partial charge in [-0.2, -0.15) is 0 Å². The SMILES string of the molecule is COc1ccc2c(c1)CCC(OCC1CC1)C2O. The molecule has 0 spiro atoms. The van der Waals surface area contributed by atoms with Crippen molar-refractivity contribution in [1.29, 1.82) is 0 Å². The molecule has 0 aliphatic heterocycles. The molecular weight excluding hydrogens is 228 g/mol. The monoisotopic (exact) mass is 248 g/mol. The average Bonchev–Trinajstić information content (AvgIpc) is 3.21. The normalized spacial score (nSPS) is 26.8. The molecule has 3 rings (SSSR count). The van der Waals surface area contributed by atoms with Gasteiger partial charge in [-0.3, -0.25) is 0 Å². The first-order chi connectivity index (χ1) is 8.78. The fraction of sp³-hybridized carbons (Fsp3) is 0.600. The van der Waals surface area contributed by atoms with E-state index in [1.165, 1.54) is 18.4 Å². The van der Waals surface area contributed by atoms with Crippen molar-refractivity contribution in [2.75, 3.05) is 13.7 Å². The highest BCUT2D eigenvalue weighted by atomic mass is 16.5. The first-order valence-electron chi connectivity index (χ1n) is 6.74. The standard InChI is InChI=1S/C15H20O3/c1-17-12-5-6-13-11(8-12)4-7-14(15(13)16)18-9-10-2-3-10/h5-6,8,10,14-16H,2-4,7,9H2,1H3. The molecule has 1 aromatic rings. The van der Waals surface area contributed by atoms with Crippen LogP contribution in [0.1, 0.15) is 36.5 Å². The van der Waals surface area contributed by atoms with E-state index >= 15 is 0 Å². The van der Waals surface area contributed by atoms with Crippen LogP contribution in [0.4, 0.5) is 0 Å². The quantitative estimate of drug-likeness (QED) is 0.889. The van der Waals surface area contributed by atoms with Crippen LogP contribution in [0.15, 0.2) is 18.2 Å². The molecule has 98 valence electrons. The lowest BCUT2D eigenvalue weighted by Gasteiger charge is -2.30. The molecule has 2 aliphatic rings. The lowest BCUT2D eigenvalue weighted by atomic mass is 9.87. The molecule has 1 fully saturated rings. The van der Waals surface area contributed by atoms with Gasteiger partial charge < -0.3 is 14.6 Å². The number of methoxy groups -OCH3 is 1. The summed E-state index contributed by atoms with van der Waals surface area (Å²) in [6.07, 6.45) is 3.91. The highest BCUT2D eigenvalue weighted by Crippen LogP contribution is 2.36. The minimum atomic E-state index is -0.488. The van der Waals surface area contributed by atoms with E-state index in [0.29, 0.717) is 0 Å². The Kier molecular flexibility index (Phi) is 3.27. The number of fused-ring (bicyclic) bond motifs is 1. The lowest BCUT2D eigenvalue weighted by Crippen LogP contribution is -2.28. The summed E-state index contributed by atoms with van der Waals surface area (Å²) in [4.78, 5) is 0. The second kappa shape index (κ2) is 4.90. The van der Waals surface area contributed by atoms with Gasteiger partial charge in [0.25, 0.3) is 0 Å². The van der Waals surface area contributed by atoms with Crippen LogP contribution in [0.25, 0.3) is 0 Å². The summed E-state index contributed by atoms with van der Waals surface area (Å²) >= 11 is 0. The van der Waals surface area contributed by atoms with E-state index in [0.717, 1.165) is 36.7 Å². The van der Waals surface area contributed by atoms with Gasteiger partial charge in [0.1, 0.15) is 11.9 Å². The fourth-order valence-corrected chi connectivity index (χ4v) is 2.59. The van der Waals surface area contributed by atoms with Gasteiger partial charge in [-0.25, -0.2) is 0 Å². The number of benzene rings is 1. The third-order valence-electron chi connectivity index (χ3n) is 3.96. The smallest absolute Gasteiger partial charge is 0.119 e. The summed E-state index contributed by atoms with van der Waals surface area (Å²) in [5.74, 6) is 1.60. The van der Waals surface area contributed by atoms with Crippen LogP contribution in [0, 0.1) is 5.92 Å². The molecular formula is C15H20O3. The predicted octanol–water partition coefficient (Wildman–Crippen LogP) is 2.47. The van der Waals surface area contributed by atoms with Crippen molar-refractivity contribution >= 4 is 0 Å². The summed E-state index contributed by atoms with van der Waals surface area (Å²) < 4.78 is 11.1. The number of hydrogen-bond acceptors (Lipinski definition) is 3. The topological polar surface area (TPSA) is 38.7 Å². The summed E-state index contributed by atoms with van der Waals surface area (Å²) in [5, 5.41) is 10.4. The molecule has 1 N–H and O–H groups in total. The van der Waals surface area contributed by atoms with Crippen LogP contribution in [-0.2, 0) is 11.2 Å². The average molecular weight is 248 g/mol. The summed E-state index contributed by atoms with van der Waals surface area (Å²) in [6, 6.07) is 5.90. The van der Waals surface area contributed by atoms with Gasteiger partial charge in [-0.05, 0) is 54.9 Å². The molecule has 2 aliphatic carbocycles. The van der Waals surface area contributed by atoms with Crippen LogP contribution in [0.3, 0.4) is 0 Å². The van der Waals surface area contributed by atoms with E-state index in [4.69, 9.17) is 9.47 Å². The molecule has 3 heteroatoms. The van der Waals surface area contributed by atoms with Crippen LogP contribution >= 0.6 is 0 Å². The minimum absolute atomic E-state index is 0.0357. The van der Waals surface area contributed by atoms with Gasteiger partial charge in [-0.15, -0.1) is 0 Å². The Hall–Kier alpha value is -1.06. The second-order valence-electron chi connectivity index (χ2n) is 5.36. The molecule has 3 nitrogen and oxygen atoms in total. The Morgan fingerprint density at radius 3 is 2.83 bits per heavy atom. The highest BCUT2D eigenvalue weighted by Gasteiger charge is 2.31. The van der Waals surface area contributed by atoms with Gasteiger partial charge in [0.15, 0.2) is 0 Å². The molecule has 1 aromatic carbocycles. The Morgan fingerprint density at radius 2 is 2.11 bits per heavy atom. The van der Waals surface area contributed by atoms with Crippen molar-refractivity contribution in [3.05, 3.63) is 29.3 Å². The zero-order valence-corrected chi connectivity index (χ0v) is 10.8. The minimum Gasteiger partial charge on any atom is -0.497 e. The molecule has 2 unspecified atom stereocenters. The van der Waals surface area contributed by atoms with Crippen LogP contribution < -0.4 is 4.74 Å². The maximum atomic E-state index is 10.4. The van der Waals surface area contributed by atoms with E-state index in [-0.39, 0.29) is 6.10 Å². The maximum Gasteiger partial charge on any atom is 0.119 e. The summed E-state index contributed by atoms with van der Waals surface area (Å²) in [5.41, 5.74) is 2.19. The highest BCUT2D eigenvalue weighted by molar-refractivity contribution is 5.39. The number of aliphatic hydroxyl groups excluding tert-OH is 1. The first kappa shape index (κ1) is 12.0. The van der Waals surface area contributed by atoms with Gasteiger partial charge in [0.05, 0.1) is 13.2 Å². The predicted molar refractivity (Wildman–Crippen MR) is 68.7 cm³/mol. The summed E-state index contributed by atoms with van der Waals surface area (Å²) in [6.45, 7) is 0.813. The van der Waals surface area contributed by atoms with Gasteiger partial charge >= 0.3 is 0 Å². The zero-order chi connectivity index (χ0) is 12.5. The van der Waals surface area contributed by atoms with E-state index in [9.17, 15) is 5.11 Å². The molecule has 2 atom stereocenters. The van der Waals surface area contributed by atoms with Crippen LogP contribution in [0.2, 0.25) is 0 Å². The molecule has 18 heavy (non-hydrogen) atoms. The van der Waals surface area contributed by atoms with Crippen molar-refractivity contribution in [3.8, 4) is 5.75 Å².